The molecular formula is C15H20N4O. The molecule has 5 nitrogen and oxygen atoms in total. The summed E-state index contributed by atoms with van der Waals surface area (Å²) < 4.78 is 0. The molecule has 0 amide bonds. The third kappa shape index (κ3) is 2.27. The number of nitrogens with two attached hydrogens (primary N) is 2. The molecule has 1 aromatic carbocycles. The van der Waals surface area contributed by atoms with Gasteiger partial charge in [-0.2, -0.15) is 0 Å². The Hall–Kier alpha value is -2.30. The first-order valence-corrected chi connectivity index (χ1v) is 6.59. The van der Waals surface area contributed by atoms with E-state index in [1.807, 2.05) is 31.2 Å². The molecule has 1 atom stereocenters. The predicted octanol–water partition coefficient (Wildman–Crippen LogP) is 2.05. The molecule has 6 N–H and O–H groups in total. The van der Waals surface area contributed by atoms with Crippen LogP contribution in [0.15, 0.2) is 35.6 Å². The summed E-state index contributed by atoms with van der Waals surface area (Å²) in [5.41, 5.74) is 13.5. The van der Waals surface area contributed by atoms with Crippen molar-refractivity contribution in [2.45, 2.75) is 25.2 Å². The monoisotopic (exact) mass is 272 g/mol. The Labute approximate surface area is 118 Å². The van der Waals surface area contributed by atoms with Gasteiger partial charge in [0.1, 0.15) is 5.84 Å². The third-order valence-corrected chi connectivity index (χ3v) is 4.19. The van der Waals surface area contributed by atoms with Gasteiger partial charge in [0.25, 0.3) is 0 Å². The lowest BCUT2D eigenvalue weighted by atomic mass is 9.76. The van der Waals surface area contributed by atoms with Crippen LogP contribution >= 0.6 is 0 Å². The summed E-state index contributed by atoms with van der Waals surface area (Å²) in [5, 5.41) is 19.6. The van der Waals surface area contributed by atoms with Gasteiger partial charge in [0.05, 0.1) is 5.41 Å². The first-order chi connectivity index (χ1) is 9.57. The Balaban J connectivity index is 2.39. The number of rotatable bonds is 5. The summed E-state index contributed by atoms with van der Waals surface area (Å²) in [6, 6.07) is 7.73. The number of benzene rings is 1. The Bertz CT molecular complexity index is 558. The van der Waals surface area contributed by atoms with Crippen molar-refractivity contribution in [3.8, 4) is 0 Å². The van der Waals surface area contributed by atoms with Crippen molar-refractivity contribution in [1.29, 1.82) is 5.41 Å². The molecule has 0 heterocycles. The highest BCUT2D eigenvalue weighted by Crippen LogP contribution is 2.47. The van der Waals surface area contributed by atoms with Gasteiger partial charge in [-0.3, -0.25) is 0 Å². The zero-order chi connectivity index (χ0) is 14.8. The SMILES string of the molecule is CC(/C(N)=N/O)(c1ccc(/C(C=N)=C/N)cc1)C1CC1. The highest BCUT2D eigenvalue weighted by Gasteiger charge is 2.46. The number of oxime groups is 1. The molecule has 2 rings (SSSR count). The van der Waals surface area contributed by atoms with E-state index in [0.29, 0.717) is 11.5 Å². The molecule has 5 heteroatoms. The molecule has 20 heavy (non-hydrogen) atoms. The van der Waals surface area contributed by atoms with E-state index in [1.165, 1.54) is 12.4 Å². The van der Waals surface area contributed by atoms with Crippen LogP contribution in [0.5, 0.6) is 0 Å². The molecule has 1 fully saturated rings. The Morgan fingerprint density at radius 3 is 2.40 bits per heavy atom. The van der Waals surface area contributed by atoms with Gasteiger partial charge in [-0.25, -0.2) is 0 Å². The van der Waals surface area contributed by atoms with Gasteiger partial charge in [0.15, 0.2) is 0 Å². The van der Waals surface area contributed by atoms with Gasteiger partial charge in [-0.1, -0.05) is 29.4 Å². The van der Waals surface area contributed by atoms with Crippen molar-refractivity contribution in [3.05, 3.63) is 41.6 Å². The fourth-order valence-electron chi connectivity index (χ4n) is 2.59. The fraction of sp³-hybridized carbons (Fsp3) is 0.333. The molecule has 1 unspecified atom stereocenters. The second kappa shape index (κ2) is 5.36. The van der Waals surface area contributed by atoms with Crippen molar-refractivity contribution < 1.29 is 5.21 Å². The van der Waals surface area contributed by atoms with Gasteiger partial charge in [0, 0.05) is 18.0 Å². The Kier molecular flexibility index (Phi) is 3.79. The van der Waals surface area contributed by atoms with Crippen LogP contribution in [0.3, 0.4) is 0 Å². The van der Waals surface area contributed by atoms with E-state index in [-0.39, 0.29) is 5.84 Å². The van der Waals surface area contributed by atoms with Crippen molar-refractivity contribution in [2.24, 2.45) is 22.5 Å². The number of hydrogen-bond donors (Lipinski definition) is 4. The lowest BCUT2D eigenvalue weighted by molar-refractivity contribution is 0.310. The van der Waals surface area contributed by atoms with E-state index in [4.69, 9.17) is 22.1 Å². The van der Waals surface area contributed by atoms with Gasteiger partial charge in [-0.15, -0.1) is 0 Å². The molecule has 0 bridgehead atoms. The van der Waals surface area contributed by atoms with Gasteiger partial charge < -0.3 is 22.1 Å². The standard InChI is InChI=1S/C15H20N4O/c1-15(13-6-7-13,14(18)19-20)12-4-2-10(3-5-12)11(8-16)9-17/h2-5,8-9,13,16,20H,6-7,17H2,1H3,(H2,18,19)/b11-9+,16-8?. The predicted molar refractivity (Wildman–Crippen MR) is 80.9 cm³/mol. The van der Waals surface area contributed by atoms with Crippen LogP contribution in [0, 0.1) is 11.3 Å². The van der Waals surface area contributed by atoms with E-state index in [1.54, 1.807) is 0 Å². The normalized spacial score (nSPS) is 19.4. The number of allylic oxidation sites excluding steroid dienone is 1. The average Bonchev–Trinajstić information content (AvgIpc) is 3.32. The van der Waals surface area contributed by atoms with Crippen molar-refractivity contribution >= 4 is 17.6 Å². The van der Waals surface area contributed by atoms with Gasteiger partial charge >= 0.3 is 0 Å². The summed E-state index contributed by atoms with van der Waals surface area (Å²) >= 11 is 0. The Morgan fingerprint density at radius 2 is 2.00 bits per heavy atom. The van der Waals surface area contributed by atoms with Crippen molar-refractivity contribution in [1.82, 2.24) is 0 Å². The maximum Gasteiger partial charge on any atom is 0.149 e. The maximum atomic E-state index is 9.03. The topological polar surface area (TPSA) is 108 Å². The zero-order valence-electron chi connectivity index (χ0n) is 11.5. The van der Waals surface area contributed by atoms with Crippen LogP contribution in [-0.2, 0) is 5.41 Å². The highest BCUT2D eigenvalue weighted by atomic mass is 16.4. The summed E-state index contributed by atoms with van der Waals surface area (Å²) in [6.45, 7) is 2.00. The third-order valence-electron chi connectivity index (χ3n) is 4.19. The van der Waals surface area contributed by atoms with Gasteiger partial charge in [-0.05, 0) is 36.8 Å². The Morgan fingerprint density at radius 1 is 1.40 bits per heavy atom. The number of nitrogens with zero attached hydrogens (tertiary/aromatic N) is 1. The lowest BCUT2D eigenvalue weighted by Gasteiger charge is -2.29. The molecule has 1 aliphatic rings. The second-order valence-electron chi connectivity index (χ2n) is 5.31. The van der Waals surface area contributed by atoms with Crippen molar-refractivity contribution in [3.63, 3.8) is 0 Å². The van der Waals surface area contributed by atoms with E-state index in [2.05, 4.69) is 5.16 Å². The zero-order valence-corrected chi connectivity index (χ0v) is 11.5. The summed E-state index contributed by atoms with van der Waals surface area (Å²) in [7, 11) is 0. The summed E-state index contributed by atoms with van der Waals surface area (Å²) in [5.74, 6) is 0.658. The second-order valence-corrected chi connectivity index (χ2v) is 5.31. The van der Waals surface area contributed by atoms with E-state index in [0.717, 1.165) is 24.0 Å². The minimum absolute atomic E-state index is 0.245. The minimum atomic E-state index is -0.440. The fourth-order valence-corrected chi connectivity index (χ4v) is 2.59. The number of amidine groups is 1. The molecule has 0 aromatic heterocycles. The van der Waals surface area contributed by atoms with Crippen LogP contribution < -0.4 is 11.5 Å². The van der Waals surface area contributed by atoms with E-state index >= 15 is 0 Å². The average molecular weight is 272 g/mol. The molecule has 0 radical (unpaired) electrons. The number of hydrogen-bond acceptors (Lipinski definition) is 4. The summed E-state index contributed by atoms with van der Waals surface area (Å²) in [6.07, 6.45) is 4.80. The summed E-state index contributed by atoms with van der Waals surface area (Å²) in [4.78, 5) is 0. The molecule has 0 saturated heterocycles. The first kappa shape index (κ1) is 14.1. The molecule has 0 aliphatic heterocycles. The maximum absolute atomic E-state index is 9.03. The first-order valence-electron chi connectivity index (χ1n) is 6.59. The number of nitrogens with one attached hydrogen (secondary N) is 1. The molecule has 1 saturated carbocycles. The molecule has 1 aromatic rings. The van der Waals surface area contributed by atoms with Crippen LogP contribution in [0.2, 0.25) is 0 Å². The molecule has 106 valence electrons. The lowest BCUT2D eigenvalue weighted by Crippen LogP contribution is -2.40. The van der Waals surface area contributed by atoms with Crippen LogP contribution in [0.4, 0.5) is 0 Å². The van der Waals surface area contributed by atoms with Crippen LogP contribution in [0.1, 0.15) is 30.9 Å². The largest absolute Gasteiger partial charge is 0.409 e. The quantitative estimate of drug-likeness (QED) is 0.285. The molecular weight excluding hydrogens is 252 g/mol. The van der Waals surface area contributed by atoms with Gasteiger partial charge in [0.2, 0.25) is 0 Å². The molecule has 0 spiro atoms. The minimum Gasteiger partial charge on any atom is -0.409 e. The van der Waals surface area contributed by atoms with E-state index in [9.17, 15) is 0 Å². The van der Waals surface area contributed by atoms with Crippen LogP contribution in [-0.4, -0.2) is 17.3 Å². The van der Waals surface area contributed by atoms with E-state index < -0.39 is 5.41 Å². The molecule has 1 aliphatic carbocycles. The smallest absolute Gasteiger partial charge is 0.149 e. The van der Waals surface area contributed by atoms with Crippen molar-refractivity contribution in [2.75, 3.05) is 0 Å². The highest BCUT2D eigenvalue weighted by molar-refractivity contribution is 6.08. The van der Waals surface area contributed by atoms with Crippen LogP contribution in [0.25, 0.3) is 5.57 Å².